The zero-order valence-corrected chi connectivity index (χ0v) is 7.28. The van der Waals surface area contributed by atoms with E-state index in [-0.39, 0.29) is 5.75 Å². The van der Waals surface area contributed by atoms with Crippen molar-refractivity contribution in [2.24, 2.45) is 0 Å². The van der Waals surface area contributed by atoms with Gasteiger partial charge in [0.15, 0.2) is 0 Å². The van der Waals surface area contributed by atoms with Crippen molar-refractivity contribution in [1.82, 2.24) is 0 Å². The van der Waals surface area contributed by atoms with E-state index in [0.29, 0.717) is 5.75 Å². The van der Waals surface area contributed by atoms with Crippen LogP contribution in [-0.4, -0.2) is 6.36 Å². The van der Waals surface area contributed by atoms with Gasteiger partial charge in [0.1, 0.15) is 5.75 Å². The smallest absolute Gasteiger partial charge is 0.406 e. The number of benzene rings is 1. The summed E-state index contributed by atoms with van der Waals surface area (Å²) in [6.07, 6.45) is -4.63. The van der Waals surface area contributed by atoms with Gasteiger partial charge in [-0.05, 0) is 17.7 Å². The first-order valence-electron chi connectivity index (χ1n) is 3.44. The summed E-state index contributed by atoms with van der Waals surface area (Å²) < 4.78 is 38.7. The monoisotopic (exact) mass is 207 g/mol. The molecule has 1 aromatic rings. The molecule has 0 aliphatic rings. The summed E-state index contributed by atoms with van der Waals surface area (Å²) in [6, 6.07) is 5.51. The van der Waals surface area contributed by atoms with Crippen LogP contribution in [0.15, 0.2) is 24.3 Å². The topological polar surface area (TPSA) is 9.23 Å². The maximum Gasteiger partial charge on any atom is 0.573 e. The minimum atomic E-state index is -4.63. The van der Waals surface area contributed by atoms with Crippen molar-refractivity contribution in [2.75, 3.05) is 0 Å². The van der Waals surface area contributed by atoms with Gasteiger partial charge in [-0.3, -0.25) is 0 Å². The summed E-state index contributed by atoms with van der Waals surface area (Å²) in [4.78, 5) is 0. The molecule has 5 heteroatoms. The lowest BCUT2D eigenvalue weighted by Crippen LogP contribution is -2.16. The van der Waals surface area contributed by atoms with Crippen molar-refractivity contribution in [1.29, 1.82) is 0 Å². The van der Waals surface area contributed by atoms with Gasteiger partial charge in [-0.2, -0.15) is 0 Å². The van der Waals surface area contributed by atoms with Crippen molar-refractivity contribution in [2.45, 2.75) is 12.1 Å². The van der Waals surface area contributed by atoms with Gasteiger partial charge in [-0.15, -0.1) is 13.2 Å². The Morgan fingerprint density at radius 2 is 1.69 bits per heavy atom. The first-order valence-corrected chi connectivity index (χ1v) is 4.02. The lowest BCUT2D eigenvalue weighted by Gasteiger charge is -2.08. The Kier molecular flexibility index (Phi) is 3.08. The van der Waals surface area contributed by atoms with Crippen LogP contribution in [0, 0.1) is 0 Å². The van der Waals surface area contributed by atoms with Crippen LogP contribution in [0.5, 0.6) is 5.75 Å². The summed E-state index contributed by atoms with van der Waals surface area (Å²) >= 11 is 4.71. The van der Waals surface area contributed by atoms with E-state index in [4.69, 9.17) is 12.6 Å². The molecule has 13 heavy (non-hydrogen) atoms. The number of alkyl halides is 3. The molecule has 0 heterocycles. The highest BCUT2D eigenvalue weighted by molar-refractivity contribution is 7.79. The van der Waals surface area contributed by atoms with Crippen LogP contribution in [0.25, 0.3) is 0 Å². The number of hydrogen-bond acceptors (Lipinski definition) is 1. The second-order valence-electron chi connectivity index (χ2n) is 2.34. The molecule has 1 aromatic carbocycles. The van der Waals surface area contributed by atoms with Gasteiger partial charge in [-0.1, -0.05) is 24.8 Å². The lowest BCUT2D eigenvalue weighted by molar-refractivity contribution is -0.274. The van der Waals surface area contributed by atoms with Gasteiger partial charge in [0, 0.05) is 5.75 Å². The standard InChI is InChI=1S/C8H6F3OS/c9-8(10,11)12-7-3-1-6(5-13)2-4-7/h1-4H,5H2. The molecule has 71 valence electrons. The van der Waals surface area contributed by atoms with Gasteiger partial charge < -0.3 is 4.74 Å². The molecule has 1 nitrogen and oxygen atoms in total. The van der Waals surface area contributed by atoms with Crippen molar-refractivity contribution in [3.8, 4) is 5.75 Å². The third kappa shape index (κ3) is 3.59. The minimum absolute atomic E-state index is 0.222. The molecule has 0 saturated carbocycles. The van der Waals surface area contributed by atoms with E-state index >= 15 is 0 Å². The molecule has 0 saturated heterocycles. The SMILES string of the molecule is FC(F)(F)Oc1ccc(C[S])cc1. The molecule has 0 amide bonds. The molecular weight excluding hydrogens is 201 g/mol. The van der Waals surface area contributed by atoms with Crippen LogP contribution in [-0.2, 0) is 5.75 Å². The van der Waals surface area contributed by atoms with E-state index in [1.807, 2.05) is 0 Å². The molecule has 0 atom stereocenters. The van der Waals surface area contributed by atoms with Crippen LogP contribution >= 0.6 is 12.6 Å². The largest absolute Gasteiger partial charge is 0.573 e. The first kappa shape index (κ1) is 10.2. The molecule has 0 aliphatic heterocycles. The fourth-order valence-corrected chi connectivity index (χ4v) is 0.980. The summed E-state index contributed by atoms with van der Waals surface area (Å²) in [5, 5.41) is 0. The van der Waals surface area contributed by atoms with Crippen LogP contribution in [0.4, 0.5) is 13.2 Å². The quantitative estimate of drug-likeness (QED) is 0.723. The zero-order chi connectivity index (χ0) is 9.90. The maximum absolute atomic E-state index is 11.7. The third-order valence-electron chi connectivity index (χ3n) is 1.32. The van der Waals surface area contributed by atoms with E-state index in [0.717, 1.165) is 5.56 Å². The fourth-order valence-electron chi connectivity index (χ4n) is 0.787. The van der Waals surface area contributed by atoms with Gasteiger partial charge >= 0.3 is 6.36 Å². The molecule has 0 unspecified atom stereocenters. The van der Waals surface area contributed by atoms with Gasteiger partial charge in [0.25, 0.3) is 0 Å². The van der Waals surface area contributed by atoms with E-state index < -0.39 is 6.36 Å². The van der Waals surface area contributed by atoms with Crippen molar-refractivity contribution in [3.63, 3.8) is 0 Å². The Bertz CT molecular complexity index is 268. The Balaban J connectivity index is 2.70. The second-order valence-corrected chi connectivity index (χ2v) is 2.62. The number of halogens is 3. The van der Waals surface area contributed by atoms with Gasteiger partial charge in [0.05, 0.1) is 0 Å². The predicted octanol–water partition coefficient (Wildman–Crippen LogP) is 3.28. The Hall–Kier alpha value is -0.840. The summed E-state index contributed by atoms with van der Waals surface area (Å²) in [6.45, 7) is 0. The van der Waals surface area contributed by atoms with Gasteiger partial charge in [0.2, 0.25) is 0 Å². The highest BCUT2D eigenvalue weighted by Crippen LogP contribution is 2.22. The highest BCUT2D eigenvalue weighted by atomic mass is 32.1. The molecule has 0 bridgehead atoms. The molecule has 0 spiro atoms. The lowest BCUT2D eigenvalue weighted by atomic mass is 10.2. The number of rotatable bonds is 2. The van der Waals surface area contributed by atoms with E-state index in [1.54, 1.807) is 0 Å². The second kappa shape index (κ2) is 3.91. The third-order valence-corrected chi connectivity index (χ3v) is 1.66. The normalized spacial score (nSPS) is 11.4. The van der Waals surface area contributed by atoms with Crippen LogP contribution in [0.3, 0.4) is 0 Å². The van der Waals surface area contributed by atoms with Crippen LogP contribution < -0.4 is 4.74 Å². The number of hydrogen-bond donors (Lipinski definition) is 0. The summed E-state index contributed by atoms with van der Waals surface area (Å²) in [5.74, 6) is 0.159. The summed E-state index contributed by atoms with van der Waals surface area (Å²) in [5.41, 5.74) is 0.796. The average Bonchev–Trinajstić information content (AvgIpc) is 2.03. The van der Waals surface area contributed by atoms with E-state index in [9.17, 15) is 13.2 Å². The average molecular weight is 207 g/mol. The Morgan fingerprint density at radius 3 is 2.08 bits per heavy atom. The van der Waals surface area contributed by atoms with E-state index in [1.165, 1.54) is 24.3 Å². The van der Waals surface area contributed by atoms with Crippen molar-refractivity contribution in [3.05, 3.63) is 29.8 Å². The van der Waals surface area contributed by atoms with E-state index in [2.05, 4.69) is 4.74 Å². The molecule has 0 N–H and O–H groups in total. The maximum atomic E-state index is 11.7. The van der Waals surface area contributed by atoms with Crippen LogP contribution in [0.1, 0.15) is 5.56 Å². The molecule has 0 aliphatic carbocycles. The van der Waals surface area contributed by atoms with Gasteiger partial charge in [-0.25, -0.2) is 0 Å². The molecule has 1 rings (SSSR count). The number of ether oxygens (including phenoxy) is 1. The molecule has 1 radical (unpaired) electrons. The minimum Gasteiger partial charge on any atom is -0.406 e. The van der Waals surface area contributed by atoms with Crippen LogP contribution in [0.2, 0.25) is 0 Å². The Morgan fingerprint density at radius 1 is 1.15 bits per heavy atom. The fraction of sp³-hybridized carbons (Fsp3) is 0.250. The Labute approximate surface area is 78.9 Å². The van der Waals surface area contributed by atoms with Crippen molar-refractivity contribution < 1.29 is 17.9 Å². The molecular formula is C8H6F3OS. The molecule has 0 fully saturated rings. The zero-order valence-electron chi connectivity index (χ0n) is 6.47. The first-order chi connectivity index (χ1) is 6.01. The van der Waals surface area contributed by atoms with Crippen molar-refractivity contribution >= 4 is 12.6 Å². The summed E-state index contributed by atoms with van der Waals surface area (Å²) in [7, 11) is 0. The highest BCUT2D eigenvalue weighted by Gasteiger charge is 2.30. The predicted molar refractivity (Wildman–Crippen MR) is 44.4 cm³/mol. The molecule has 0 aromatic heterocycles.